The number of hydrogen-bond acceptors (Lipinski definition) is 3. The predicted molar refractivity (Wildman–Crippen MR) is 59.9 cm³/mol. The highest BCUT2D eigenvalue weighted by Gasteiger charge is 2.24. The van der Waals surface area contributed by atoms with Gasteiger partial charge in [-0.05, 0) is 24.8 Å². The van der Waals surface area contributed by atoms with Gasteiger partial charge in [0.1, 0.15) is 17.8 Å². The molecular formula is C11H14N4. The van der Waals surface area contributed by atoms with Crippen molar-refractivity contribution in [2.45, 2.75) is 12.8 Å². The summed E-state index contributed by atoms with van der Waals surface area (Å²) in [7, 11) is 2.10. The van der Waals surface area contributed by atoms with Crippen LogP contribution in [0.2, 0.25) is 0 Å². The van der Waals surface area contributed by atoms with Gasteiger partial charge in [-0.1, -0.05) is 0 Å². The molecule has 0 bridgehead atoms. The van der Waals surface area contributed by atoms with Crippen LogP contribution in [0, 0.1) is 5.92 Å². The molecule has 0 spiro atoms. The lowest BCUT2D eigenvalue weighted by atomic mass is 10.3. The molecule has 0 amide bonds. The lowest BCUT2D eigenvalue weighted by molar-refractivity contribution is 0.779. The maximum absolute atomic E-state index is 4.35. The Bertz CT molecular complexity index is 472. The zero-order chi connectivity index (χ0) is 10.3. The molecule has 4 heteroatoms. The van der Waals surface area contributed by atoms with Crippen molar-refractivity contribution in [3.05, 3.63) is 18.6 Å². The van der Waals surface area contributed by atoms with Gasteiger partial charge in [0, 0.05) is 19.8 Å². The van der Waals surface area contributed by atoms with E-state index in [1.54, 1.807) is 6.33 Å². The Morgan fingerprint density at radius 1 is 1.47 bits per heavy atom. The van der Waals surface area contributed by atoms with Crippen LogP contribution in [0.15, 0.2) is 18.6 Å². The maximum atomic E-state index is 4.35. The third-order valence-electron chi connectivity index (χ3n) is 2.92. The minimum absolute atomic E-state index is 0.874. The van der Waals surface area contributed by atoms with Gasteiger partial charge < -0.3 is 9.88 Å². The first-order valence-corrected chi connectivity index (χ1v) is 5.34. The Morgan fingerprint density at radius 2 is 2.33 bits per heavy atom. The third kappa shape index (κ3) is 1.56. The molecule has 3 rings (SSSR count). The highest BCUT2D eigenvalue weighted by atomic mass is 15.2. The van der Waals surface area contributed by atoms with Crippen LogP contribution >= 0.6 is 0 Å². The van der Waals surface area contributed by atoms with Gasteiger partial charge in [0.25, 0.3) is 0 Å². The fraction of sp³-hybridized carbons (Fsp3) is 0.455. The number of nitrogens with zero attached hydrogens (tertiary/aromatic N) is 3. The first-order chi connectivity index (χ1) is 7.34. The van der Waals surface area contributed by atoms with E-state index < -0.39 is 0 Å². The van der Waals surface area contributed by atoms with Crippen molar-refractivity contribution in [2.24, 2.45) is 5.92 Å². The number of rotatable bonds is 3. The highest BCUT2D eigenvalue weighted by Crippen LogP contribution is 2.31. The number of fused-ring (bicyclic) bond motifs is 1. The molecule has 15 heavy (non-hydrogen) atoms. The average molecular weight is 202 g/mol. The molecule has 2 heterocycles. The number of anilines is 1. The summed E-state index contributed by atoms with van der Waals surface area (Å²) in [6, 6.07) is 2.04. The second kappa shape index (κ2) is 3.22. The Hall–Kier alpha value is -1.58. The molecule has 78 valence electrons. The van der Waals surface area contributed by atoms with Crippen LogP contribution in [0.5, 0.6) is 0 Å². The molecule has 1 aliphatic carbocycles. The maximum Gasteiger partial charge on any atom is 0.142 e. The van der Waals surface area contributed by atoms with Gasteiger partial charge in [-0.2, -0.15) is 0 Å². The summed E-state index contributed by atoms with van der Waals surface area (Å²) in [5.74, 6) is 1.91. The normalized spacial score (nSPS) is 15.8. The van der Waals surface area contributed by atoms with E-state index in [1.807, 2.05) is 12.3 Å². The smallest absolute Gasteiger partial charge is 0.142 e. The van der Waals surface area contributed by atoms with Crippen LogP contribution in [0.4, 0.5) is 5.82 Å². The SMILES string of the molecule is CN(CC1CC1)c1ncnc2[nH]ccc12. The molecule has 4 nitrogen and oxygen atoms in total. The fourth-order valence-electron chi connectivity index (χ4n) is 1.94. The molecule has 0 saturated heterocycles. The summed E-state index contributed by atoms with van der Waals surface area (Å²) in [5, 5.41) is 1.11. The predicted octanol–water partition coefficient (Wildman–Crippen LogP) is 1.80. The van der Waals surface area contributed by atoms with E-state index >= 15 is 0 Å². The monoisotopic (exact) mass is 202 g/mol. The van der Waals surface area contributed by atoms with Crippen LogP contribution in [0.3, 0.4) is 0 Å². The molecule has 0 aliphatic heterocycles. The van der Waals surface area contributed by atoms with Crippen LogP contribution in [0.25, 0.3) is 11.0 Å². The van der Waals surface area contributed by atoms with Crippen molar-refractivity contribution in [3.63, 3.8) is 0 Å². The van der Waals surface area contributed by atoms with Gasteiger partial charge in [0.15, 0.2) is 0 Å². The molecule has 0 atom stereocenters. The summed E-state index contributed by atoms with van der Waals surface area (Å²) in [4.78, 5) is 13.9. The first kappa shape index (κ1) is 8.71. The minimum atomic E-state index is 0.874. The fourth-order valence-corrected chi connectivity index (χ4v) is 1.94. The Kier molecular flexibility index (Phi) is 1.87. The van der Waals surface area contributed by atoms with Crippen molar-refractivity contribution in [1.82, 2.24) is 15.0 Å². The van der Waals surface area contributed by atoms with Gasteiger partial charge >= 0.3 is 0 Å². The standard InChI is InChI=1S/C11H14N4/c1-15(6-8-2-3-8)11-9-4-5-12-10(9)13-7-14-11/h4-5,7-8H,2-3,6H2,1H3,(H,12,13,14). The van der Waals surface area contributed by atoms with E-state index in [0.29, 0.717) is 0 Å². The van der Waals surface area contributed by atoms with Crippen LogP contribution in [0.1, 0.15) is 12.8 Å². The Morgan fingerprint density at radius 3 is 3.13 bits per heavy atom. The minimum Gasteiger partial charge on any atom is -0.359 e. The quantitative estimate of drug-likeness (QED) is 0.825. The number of nitrogens with one attached hydrogen (secondary N) is 1. The van der Waals surface area contributed by atoms with Crippen molar-refractivity contribution < 1.29 is 0 Å². The average Bonchev–Trinajstić information content (AvgIpc) is 2.93. The summed E-state index contributed by atoms with van der Waals surface area (Å²) in [6.45, 7) is 1.11. The summed E-state index contributed by atoms with van der Waals surface area (Å²) in [6.07, 6.45) is 6.27. The van der Waals surface area contributed by atoms with E-state index in [0.717, 1.165) is 29.3 Å². The number of hydrogen-bond donors (Lipinski definition) is 1. The lowest BCUT2D eigenvalue weighted by Gasteiger charge is -2.17. The van der Waals surface area contributed by atoms with Crippen LogP contribution in [-0.4, -0.2) is 28.5 Å². The van der Waals surface area contributed by atoms with E-state index in [2.05, 4.69) is 26.9 Å². The summed E-state index contributed by atoms with van der Waals surface area (Å²) >= 11 is 0. The molecule has 1 N–H and O–H groups in total. The third-order valence-corrected chi connectivity index (χ3v) is 2.92. The van der Waals surface area contributed by atoms with Gasteiger partial charge in [-0.15, -0.1) is 0 Å². The molecule has 0 unspecified atom stereocenters. The van der Waals surface area contributed by atoms with Crippen molar-refractivity contribution >= 4 is 16.9 Å². The Balaban J connectivity index is 1.97. The lowest BCUT2D eigenvalue weighted by Crippen LogP contribution is -2.21. The van der Waals surface area contributed by atoms with E-state index in [9.17, 15) is 0 Å². The van der Waals surface area contributed by atoms with E-state index in [1.165, 1.54) is 12.8 Å². The van der Waals surface area contributed by atoms with Gasteiger partial charge in [0.2, 0.25) is 0 Å². The molecule has 1 aliphatic rings. The molecule has 0 aromatic carbocycles. The second-order valence-corrected chi connectivity index (χ2v) is 4.26. The number of H-pyrrole nitrogens is 1. The summed E-state index contributed by atoms with van der Waals surface area (Å²) < 4.78 is 0. The topological polar surface area (TPSA) is 44.8 Å². The van der Waals surface area contributed by atoms with Gasteiger partial charge in [0.05, 0.1) is 5.39 Å². The molecule has 2 aromatic rings. The number of aromatic nitrogens is 3. The molecule has 0 radical (unpaired) electrons. The van der Waals surface area contributed by atoms with Crippen LogP contribution < -0.4 is 4.90 Å². The molecule has 2 aromatic heterocycles. The van der Waals surface area contributed by atoms with E-state index in [-0.39, 0.29) is 0 Å². The zero-order valence-electron chi connectivity index (χ0n) is 8.77. The molecular weight excluding hydrogens is 188 g/mol. The molecule has 1 saturated carbocycles. The zero-order valence-corrected chi connectivity index (χ0v) is 8.77. The first-order valence-electron chi connectivity index (χ1n) is 5.34. The van der Waals surface area contributed by atoms with Crippen molar-refractivity contribution in [3.8, 4) is 0 Å². The second-order valence-electron chi connectivity index (χ2n) is 4.26. The van der Waals surface area contributed by atoms with Gasteiger partial charge in [-0.3, -0.25) is 0 Å². The molecule has 1 fully saturated rings. The summed E-state index contributed by atoms with van der Waals surface area (Å²) in [5.41, 5.74) is 0.919. The highest BCUT2D eigenvalue weighted by molar-refractivity contribution is 5.87. The number of aromatic amines is 1. The van der Waals surface area contributed by atoms with Crippen molar-refractivity contribution in [1.29, 1.82) is 0 Å². The largest absolute Gasteiger partial charge is 0.359 e. The van der Waals surface area contributed by atoms with Crippen LogP contribution in [-0.2, 0) is 0 Å². The van der Waals surface area contributed by atoms with Crippen molar-refractivity contribution in [2.75, 3.05) is 18.5 Å². The van der Waals surface area contributed by atoms with E-state index in [4.69, 9.17) is 0 Å². The van der Waals surface area contributed by atoms with Gasteiger partial charge in [-0.25, -0.2) is 9.97 Å². The Labute approximate surface area is 88.3 Å².